The second-order valence-corrected chi connectivity index (χ2v) is 5.84. The summed E-state index contributed by atoms with van der Waals surface area (Å²) in [6.45, 7) is 3.80. The molecule has 110 valence electrons. The number of hydrogen-bond acceptors (Lipinski definition) is 5. The van der Waals surface area contributed by atoms with Gasteiger partial charge in [0.25, 0.3) is 5.91 Å². The van der Waals surface area contributed by atoms with E-state index in [0.717, 1.165) is 30.9 Å². The van der Waals surface area contributed by atoms with Gasteiger partial charge in [0.05, 0.1) is 5.01 Å². The van der Waals surface area contributed by atoms with Crippen LogP contribution < -0.4 is 11.1 Å². The topological polar surface area (TPSA) is 88.3 Å². The third-order valence-electron chi connectivity index (χ3n) is 3.28. The van der Waals surface area contributed by atoms with Gasteiger partial charge in [0.1, 0.15) is 11.7 Å². The number of nitrogens with one attached hydrogen (secondary N) is 1. The maximum absolute atomic E-state index is 12.1. The first-order valence-electron chi connectivity index (χ1n) is 6.86. The Morgan fingerprint density at radius 3 is 2.85 bits per heavy atom. The van der Waals surface area contributed by atoms with Gasteiger partial charge in [-0.2, -0.15) is 0 Å². The van der Waals surface area contributed by atoms with Crippen molar-refractivity contribution in [2.24, 2.45) is 5.73 Å². The zero-order valence-electron chi connectivity index (χ0n) is 11.6. The minimum absolute atomic E-state index is 0.0201. The standard InChI is InChI=1S/C13H20N4O2S/c1-9(13(19)17-6-2-3-7-17)15-12(18)10-8-20-11(16-10)4-5-14/h8-9H,2-7,14H2,1H3,(H,15,18). The Hall–Kier alpha value is -1.47. The molecule has 0 aliphatic carbocycles. The molecule has 1 fully saturated rings. The Kier molecular flexibility index (Phi) is 5.08. The van der Waals surface area contributed by atoms with Gasteiger partial charge in [-0.25, -0.2) is 4.98 Å². The predicted octanol–water partition coefficient (Wildman–Crippen LogP) is 0.385. The number of nitrogens with two attached hydrogens (primary N) is 1. The molecule has 1 aromatic heterocycles. The van der Waals surface area contributed by atoms with Crippen LogP contribution in [0.2, 0.25) is 0 Å². The molecule has 3 N–H and O–H groups in total. The van der Waals surface area contributed by atoms with E-state index < -0.39 is 6.04 Å². The Labute approximate surface area is 122 Å². The minimum Gasteiger partial charge on any atom is -0.341 e. The molecule has 0 spiro atoms. The van der Waals surface area contributed by atoms with Crippen LogP contribution >= 0.6 is 11.3 Å². The summed E-state index contributed by atoms with van der Waals surface area (Å²) < 4.78 is 0. The lowest BCUT2D eigenvalue weighted by atomic mass is 10.2. The van der Waals surface area contributed by atoms with Crippen LogP contribution in [0.1, 0.15) is 35.3 Å². The van der Waals surface area contributed by atoms with Crippen LogP contribution in [0.4, 0.5) is 0 Å². The third kappa shape index (κ3) is 3.55. The third-order valence-corrected chi connectivity index (χ3v) is 4.19. The first kappa shape index (κ1) is 14.9. The van der Waals surface area contributed by atoms with E-state index in [1.54, 1.807) is 17.2 Å². The molecule has 7 heteroatoms. The largest absolute Gasteiger partial charge is 0.341 e. The van der Waals surface area contributed by atoms with Crippen molar-refractivity contribution in [1.82, 2.24) is 15.2 Å². The van der Waals surface area contributed by atoms with E-state index in [-0.39, 0.29) is 11.8 Å². The number of nitrogens with zero attached hydrogens (tertiary/aromatic N) is 2. The predicted molar refractivity (Wildman–Crippen MR) is 77.6 cm³/mol. The highest BCUT2D eigenvalue weighted by molar-refractivity contribution is 7.09. The molecule has 1 aliphatic rings. The van der Waals surface area contributed by atoms with E-state index in [2.05, 4.69) is 10.3 Å². The molecule has 2 heterocycles. The van der Waals surface area contributed by atoms with Crippen LogP contribution in [-0.2, 0) is 11.2 Å². The van der Waals surface area contributed by atoms with E-state index in [9.17, 15) is 9.59 Å². The second-order valence-electron chi connectivity index (χ2n) is 4.89. The molecular formula is C13H20N4O2S. The smallest absolute Gasteiger partial charge is 0.271 e. The summed E-state index contributed by atoms with van der Waals surface area (Å²) in [6.07, 6.45) is 2.75. The van der Waals surface area contributed by atoms with Crippen molar-refractivity contribution >= 4 is 23.2 Å². The highest BCUT2D eigenvalue weighted by atomic mass is 32.1. The lowest BCUT2D eigenvalue weighted by molar-refractivity contribution is -0.131. The SMILES string of the molecule is CC(NC(=O)c1csc(CCN)n1)C(=O)N1CCCC1. The van der Waals surface area contributed by atoms with Crippen LogP contribution in [0.25, 0.3) is 0 Å². The average Bonchev–Trinajstić information content (AvgIpc) is 3.09. The summed E-state index contributed by atoms with van der Waals surface area (Å²) >= 11 is 1.42. The Morgan fingerprint density at radius 1 is 1.50 bits per heavy atom. The molecule has 1 aromatic rings. The molecule has 1 unspecified atom stereocenters. The van der Waals surface area contributed by atoms with Crippen LogP contribution in [-0.4, -0.2) is 47.4 Å². The molecule has 0 aromatic carbocycles. The van der Waals surface area contributed by atoms with Crippen molar-refractivity contribution in [3.8, 4) is 0 Å². The van der Waals surface area contributed by atoms with E-state index in [0.29, 0.717) is 18.7 Å². The van der Waals surface area contributed by atoms with Crippen LogP contribution in [0.15, 0.2) is 5.38 Å². The maximum Gasteiger partial charge on any atom is 0.271 e. The van der Waals surface area contributed by atoms with Gasteiger partial charge in [-0.15, -0.1) is 11.3 Å². The van der Waals surface area contributed by atoms with Crippen molar-refractivity contribution in [1.29, 1.82) is 0 Å². The van der Waals surface area contributed by atoms with Crippen LogP contribution in [0.5, 0.6) is 0 Å². The summed E-state index contributed by atoms with van der Waals surface area (Å²) in [4.78, 5) is 30.1. The van der Waals surface area contributed by atoms with Crippen LogP contribution in [0, 0.1) is 0 Å². The maximum atomic E-state index is 12.1. The van der Waals surface area contributed by atoms with Gasteiger partial charge < -0.3 is 16.0 Å². The molecule has 2 rings (SSSR count). The molecule has 0 bridgehead atoms. The number of carbonyl (C=O) groups is 2. The lowest BCUT2D eigenvalue weighted by Crippen LogP contribution is -2.46. The number of hydrogen-bond donors (Lipinski definition) is 2. The summed E-state index contributed by atoms with van der Waals surface area (Å²) in [5, 5.41) is 5.26. The zero-order valence-corrected chi connectivity index (χ0v) is 12.4. The van der Waals surface area contributed by atoms with E-state index >= 15 is 0 Å². The molecule has 1 saturated heterocycles. The fraction of sp³-hybridized carbons (Fsp3) is 0.615. The van der Waals surface area contributed by atoms with Crippen molar-refractivity contribution < 1.29 is 9.59 Å². The van der Waals surface area contributed by atoms with Gasteiger partial charge in [0.15, 0.2) is 0 Å². The van der Waals surface area contributed by atoms with Gasteiger partial charge >= 0.3 is 0 Å². The lowest BCUT2D eigenvalue weighted by Gasteiger charge is -2.20. The molecule has 6 nitrogen and oxygen atoms in total. The van der Waals surface area contributed by atoms with Gasteiger partial charge in [-0.3, -0.25) is 9.59 Å². The molecule has 0 radical (unpaired) electrons. The number of likely N-dealkylation sites (tertiary alicyclic amines) is 1. The molecular weight excluding hydrogens is 276 g/mol. The highest BCUT2D eigenvalue weighted by Crippen LogP contribution is 2.11. The summed E-state index contributed by atoms with van der Waals surface area (Å²) in [5.74, 6) is -0.321. The van der Waals surface area contributed by atoms with E-state index in [1.165, 1.54) is 11.3 Å². The Bertz CT molecular complexity index is 482. The van der Waals surface area contributed by atoms with Gasteiger partial charge in [0.2, 0.25) is 5.91 Å². The summed E-state index contributed by atoms with van der Waals surface area (Å²) in [7, 11) is 0. The highest BCUT2D eigenvalue weighted by Gasteiger charge is 2.25. The summed E-state index contributed by atoms with van der Waals surface area (Å²) in [5.41, 5.74) is 5.81. The Morgan fingerprint density at radius 2 is 2.20 bits per heavy atom. The van der Waals surface area contributed by atoms with E-state index in [1.807, 2.05) is 0 Å². The number of rotatable bonds is 5. The molecule has 0 saturated carbocycles. The molecule has 1 atom stereocenters. The monoisotopic (exact) mass is 296 g/mol. The molecule has 2 amide bonds. The zero-order chi connectivity index (χ0) is 14.5. The second kappa shape index (κ2) is 6.81. The first-order chi connectivity index (χ1) is 9.61. The van der Waals surface area contributed by atoms with Gasteiger partial charge in [-0.05, 0) is 26.3 Å². The molecule has 20 heavy (non-hydrogen) atoms. The summed E-state index contributed by atoms with van der Waals surface area (Å²) in [6, 6.07) is -0.514. The molecule has 1 aliphatic heterocycles. The minimum atomic E-state index is -0.514. The van der Waals surface area contributed by atoms with Crippen molar-refractivity contribution in [3.63, 3.8) is 0 Å². The fourth-order valence-electron chi connectivity index (χ4n) is 2.20. The number of carbonyl (C=O) groups excluding carboxylic acids is 2. The van der Waals surface area contributed by atoms with E-state index in [4.69, 9.17) is 5.73 Å². The van der Waals surface area contributed by atoms with Crippen molar-refractivity contribution in [2.45, 2.75) is 32.2 Å². The first-order valence-corrected chi connectivity index (χ1v) is 7.74. The number of thiazole rings is 1. The van der Waals surface area contributed by atoms with Crippen molar-refractivity contribution in [3.05, 3.63) is 16.1 Å². The number of aromatic nitrogens is 1. The van der Waals surface area contributed by atoms with Gasteiger partial charge in [-0.1, -0.05) is 0 Å². The quantitative estimate of drug-likeness (QED) is 0.822. The van der Waals surface area contributed by atoms with Crippen molar-refractivity contribution in [2.75, 3.05) is 19.6 Å². The fourth-order valence-corrected chi connectivity index (χ4v) is 2.99. The van der Waals surface area contributed by atoms with Crippen LogP contribution in [0.3, 0.4) is 0 Å². The average molecular weight is 296 g/mol. The van der Waals surface area contributed by atoms with Gasteiger partial charge in [0, 0.05) is 24.9 Å². The number of amides is 2. The Balaban J connectivity index is 1.90. The normalized spacial score (nSPS) is 16.2.